The monoisotopic (exact) mass is 1080 g/mol. The fourth-order valence-corrected chi connectivity index (χ4v) is 15.8. The molecule has 13 N–H and O–H groups in total. The number of aldehydes is 1. The number of ether oxygens (including phenoxy) is 8. The zero-order valence-corrected chi connectivity index (χ0v) is 44.4. The van der Waals surface area contributed by atoms with Crippen LogP contribution in [0.1, 0.15) is 113 Å². The van der Waals surface area contributed by atoms with E-state index in [0.29, 0.717) is 32.1 Å². The molecule has 8 rings (SSSR count). The molecule has 0 aromatic carbocycles. The first-order chi connectivity index (χ1) is 35.2. The first kappa shape index (κ1) is 59.7. The van der Waals surface area contributed by atoms with E-state index in [1.54, 1.807) is 0 Å². The average molecular weight is 1080 g/mol. The van der Waals surface area contributed by atoms with Crippen LogP contribution in [0.15, 0.2) is 11.6 Å². The van der Waals surface area contributed by atoms with Crippen LogP contribution in [0.4, 0.5) is 0 Å². The molecule has 4 saturated carbocycles. The second-order valence-corrected chi connectivity index (χ2v) is 24.9. The molecule has 432 valence electrons. The Morgan fingerprint density at radius 3 is 1.84 bits per heavy atom. The van der Waals surface area contributed by atoms with Gasteiger partial charge in [0.15, 0.2) is 25.2 Å². The zero-order chi connectivity index (χ0) is 54.9. The summed E-state index contributed by atoms with van der Waals surface area (Å²) < 4.78 is 48.7. The quantitative estimate of drug-likeness (QED) is 0.0483. The number of carbonyl (C=O) groups excluding carboxylic acids is 1. The summed E-state index contributed by atoms with van der Waals surface area (Å²) in [6, 6.07) is 0. The van der Waals surface area contributed by atoms with E-state index in [1.165, 1.54) is 6.29 Å². The van der Waals surface area contributed by atoms with E-state index in [-0.39, 0.29) is 41.1 Å². The van der Waals surface area contributed by atoms with Gasteiger partial charge in [-0.05, 0) is 125 Å². The molecule has 8 fully saturated rings. The van der Waals surface area contributed by atoms with Crippen LogP contribution in [0, 0.1) is 45.3 Å². The van der Waals surface area contributed by atoms with Crippen LogP contribution in [0.25, 0.3) is 0 Å². The molecule has 75 heavy (non-hydrogen) atoms. The van der Waals surface area contributed by atoms with E-state index in [1.807, 2.05) is 20.8 Å². The van der Waals surface area contributed by atoms with Crippen molar-refractivity contribution in [3.05, 3.63) is 11.6 Å². The lowest BCUT2D eigenvalue weighted by molar-refractivity contribution is -0.378. The number of fused-ring (bicyclic) bond motifs is 5. The van der Waals surface area contributed by atoms with E-state index < -0.39 is 159 Å². The van der Waals surface area contributed by atoms with Crippen molar-refractivity contribution >= 4 is 6.29 Å². The molecule has 0 amide bonds. The van der Waals surface area contributed by atoms with Gasteiger partial charge in [-0.15, -0.1) is 0 Å². The summed E-state index contributed by atoms with van der Waals surface area (Å²) >= 11 is 0. The zero-order valence-electron chi connectivity index (χ0n) is 44.4. The van der Waals surface area contributed by atoms with E-state index in [2.05, 4.69) is 33.8 Å². The Bertz CT molecular complexity index is 1960. The number of hydrogen-bond donors (Lipinski definition) is 13. The highest BCUT2D eigenvalue weighted by Crippen LogP contribution is 2.76. The summed E-state index contributed by atoms with van der Waals surface area (Å²) in [5.74, 6) is -0.161. The van der Waals surface area contributed by atoms with Gasteiger partial charge in [0.05, 0.1) is 38.1 Å². The molecule has 0 aromatic rings. The molecule has 4 aliphatic carbocycles. The molecule has 4 saturated heterocycles. The largest absolute Gasteiger partial charge is 0.394 e. The highest BCUT2D eigenvalue weighted by Gasteiger charge is 2.71. The Morgan fingerprint density at radius 2 is 1.20 bits per heavy atom. The number of allylic oxidation sites excluding steroid dienone is 2. The number of aliphatic hydroxyl groups excluding tert-OH is 13. The third kappa shape index (κ3) is 10.5. The van der Waals surface area contributed by atoms with Crippen LogP contribution >= 0.6 is 0 Å². The second-order valence-electron chi connectivity index (χ2n) is 24.9. The molecule has 4 heterocycles. The summed E-state index contributed by atoms with van der Waals surface area (Å²) in [6.45, 7) is 12.7. The summed E-state index contributed by atoms with van der Waals surface area (Å²) in [5, 5.41) is 138. The molecular weight excluding hydrogens is 989 g/mol. The molecule has 0 unspecified atom stereocenters. The van der Waals surface area contributed by atoms with Crippen molar-refractivity contribution in [2.24, 2.45) is 45.3 Å². The van der Waals surface area contributed by atoms with E-state index >= 15 is 0 Å². The maximum Gasteiger partial charge on any atom is 0.187 e. The predicted molar refractivity (Wildman–Crippen MR) is 259 cm³/mol. The highest BCUT2D eigenvalue weighted by molar-refractivity contribution is 5.62. The molecule has 22 heteroatoms. The minimum Gasteiger partial charge on any atom is -0.394 e. The van der Waals surface area contributed by atoms with Crippen LogP contribution in [0.2, 0.25) is 0 Å². The van der Waals surface area contributed by atoms with Crippen molar-refractivity contribution in [2.75, 3.05) is 26.4 Å². The molecular formula is C53H88O22. The first-order valence-electron chi connectivity index (χ1n) is 27.2. The van der Waals surface area contributed by atoms with Crippen molar-refractivity contribution in [2.45, 2.75) is 241 Å². The summed E-state index contributed by atoms with van der Waals surface area (Å²) in [6.07, 6.45) is -20.1. The number of rotatable bonds is 16. The van der Waals surface area contributed by atoms with Gasteiger partial charge in [-0.1, -0.05) is 39.3 Å². The summed E-state index contributed by atoms with van der Waals surface area (Å²) in [7, 11) is 0. The Labute approximate surface area is 438 Å². The lowest BCUT2D eigenvalue weighted by atomic mass is 9.35. The SMILES string of the molecule is CC(C)=CCC[C@@](C)(O[C@@H]1O[C@H](CO[C@@H]2OC[C@@H](O)[C@H](O)[C@H]2O)[C@@H](O)[C@H](O)[C@H]1O)[C@H]1CC[C@]2(C)[C@@H]1CC[C@@H]1[C@@]3(C=O)CC[C@H](O[C@@H]4O[C@H](CO)[C@@H](O)[C@H](O)[C@H]4O[C@@H]4O[C@H](CO)[C@@H](O)[C@H](O)[C@H]4O)C(C)(C)[C@@H]3CC[C@]12C. The lowest BCUT2D eigenvalue weighted by Crippen LogP contribution is -2.67. The third-order valence-electron chi connectivity index (χ3n) is 20.3. The molecule has 4 aliphatic heterocycles. The molecule has 0 radical (unpaired) electrons. The molecule has 0 spiro atoms. The minimum atomic E-state index is -1.83. The van der Waals surface area contributed by atoms with Gasteiger partial charge in [0.1, 0.15) is 97.8 Å². The Balaban J connectivity index is 1.01. The van der Waals surface area contributed by atoms with Crippen LogP contribution in [-0.2, 0) is 42.7 Å². The Kier molecular flexibility index (Phi) is 18.2. The van der Waals surface area contributed by atoms with Gasteiger partial charge in [0.25, 0.3) is 0 Å². The van der Waals surface area contributed by atoms with Crippen molar-refractivity contribution in [3.8, 4) is 0 Å². The van der Waals surface area contributed by atoms with Crippen LogP contribution in [0.3, 0.4) is 0 Å². The molecule has 0 bridgehead atoms. The maximum absolute atomic E-state index is 14.1. The number of carbonyl (C=O) groups is 1. The van der Waals surface area contributed by atoms with Crippen LogP contribution in [-0.4, -0.2) is 228 Å². The van der Waals surface area contributed by atoms with Crippen molar-refractivity contribution in [3.63, 3.8) is 0 Å². The lowest BCUT2D eigenvalue weighted by Gasteiger charge is -2.69. The van der Waals surface area contributed by atoms with E-state index in [0.717, 1.165) is 37.7 Å². The first-order valence-corrected chi connectivity index (χ1v) is 27.2. The normalized spacial score (nSPS) is 51.7. The second kappa shape index (κ2) is 22.8. The molecule has 0 aromatic heterocycles. The minimum absolute atomic E-state index is 0.0276. The van der Waals surface area contributed by atoms with E-state index in [4.69, 9.17) is 37.9 Å². The van der Waals surface area contributed by atoms with Gasteiger partial charge in [-0.25, -0.2) is 0 Å². The number of aliphatic hydroxyl groups is 13. The van der Waals surface area contributed by atoms with Crippen molar-refractivity contribution in [1.82, 2.24) is 0 Å². The standard InChI is InChI=1S/C53H88O22/c1-24(2)9-8-15-52(7,75-47-43(67)39(63)37(61)30(72-47)22-69-45-41(65)34(58)27(57)21-68-45)26-12-16-50(5)25(26)10-11-32-51(50,6)17-13-31-49(3,4)33(14-18-53(31,32)23-56)73-48-44(40(64)36(60)29(20-55)71-48)74-46-42(66)38(62)35(59)28(19-54)70-46/h9,23,25-48,54-55,57-67H,8,10-22H2,1-7H3/t25-,26+,27-,28-,29-,30-,31+,32+,33+,34+,35-,36-,37-,38+,39+,40+,41-,42-,43-,44-,45+,46+,47+,48+,50-,51-,52-,53-/m1/s1. The van der Waals surface area contributed by atoms with Gasteiger partial charge in [0.2, 0.25) is 0 Å². The maximum atomic E-state index is 14.1. The predicted octanol–water partition coefficient (Wildman–Crippen LogP) is -1.36. The van der Waals surface area contributed by atoms with Gasteiger partial charge in [-0.3, -0.25) is 0 Å². The smallest absolute Gasteiger partial charge is 0.187 e. The van der Waals surface area contributed by atoms with E-state index in [9.17, 15) is 71.2 Å². The third-order valence-corrected chi connectivity index (χ3v) is 20.3. The van der Waals surface area contributed by atoms with Gasteiger partial charge >= 0.3 is 0 Å². The topological polar surface area (TPSA) is 354 Å². The van der Waals surface area contributed by atoms with Gasteiger partial charge in [-0.2, -0.15) is 0 Å². The number of hydrogen-bond acceptors (Lipinski definition) is 22. The highest BCUT2D eigenvalue weighted by atomic mass is 16.8. The fourth-order valence-electron chi connectivity index (χ4n) is 15.8. The van der Waals surface area contributed by atoms with Gasteiger partial charge < -0.3 is 109 Å². The fraction of sp³-hybridized carbons (Fsp3) is 0.943. The summed E-state index contributed by atoms with van der Waals surface area (Å²) in [4.78, 5) is 14.1. The van der Waals surface area contributed by atoms with Crippen LogP contribution in [0.5, 0.6) is 0 Å². The Morgan fingerprint density at radius 1 is 0.613 bits per heavy atom. The van der Waals surface area contributed by atoms with Crippen molar-refractivity contribution in [1.29, 1.82) is 0 Å². The molecule has 28 atom stereocenters. The van der Waals surface area contributed by atoms with Crippen molar-refractivity contribution < 1.29 is 109 Å². The molecule has 8 aliphatic rings. The Hall–Kier alpha value is -1.43. The summed E-state index contributed by atoms with van der Waals surface area (Å²) in [5.41, 5.74) is -1.88. The molecule has 22 nitrogen and oxygen atoms in total. The average Bonchev–Trinajstić information content (AvgIpc) is 3.74. The van der Waals surface area contributed by atoms with Crippen LogP contribution < -0.4 is 0 Å². The van der Waals surface area contributed by atoms with Gasteiger partial charge in [0, 0.05) is 5.41 Å².